The lowest BCUT2D eigenvalue weighted by Crippen LogP contribution is -2.59. The second kappa shape index (κ2) is 2.67. The Morgan fingerprint density at radius 1 is 1.55 bits per heavy atom. The van der Waals surface area contributed by atoms with E-state index in [4.69, 9.17) is 4.74 Å². The molecular formula is C9H16OS. The molecule has 0 heterocycles. The maximum absolute atomic E-state index is 5.66. The molecule has 2 unspecified atom stereocenters. The molecular weight excluding hydrogens is 156 g/mol. The van der Waals surface area contributed by atoms with Crippen molar-refractivity contribution in [3.8, 4) is 0 Å². The molecule has 0 amide bonds. The van der Waals surface area contributed by atoms with Crippen LogP contribution in [-0.4, -0.2) is 18.0 Å². The largest absolute Gasteiger partial charge is 0.378 e. The normalized spacial score (nSPS) is 39.8. The molecule has 2 aliphatic carbocycles. The van der Waals surface area contributed by atoms with Crippen molar-refractivity contribution in [3.05, 3.63) is 0 Å². The van der Waals surface area contributed by atoms with Crippen LogP contribution in [0.3, 0.4) is 0 Å². The average molecular weight is 172 g/mol. The van der Waals surface area contributed by atoms with Gasteiger partial charge in [-0.05, 0) is 26.2 Å². The van der Waals surface area contributed by atoms with Crippen LogP contribution in [0.5, 0.6) is 0 Å². The molecule has 0 aromatic carbocycles. The van der Waals surface area contributed by atoms with Gasteiger partial charge in [0.1, 0.15) is 0 Å². The summed E-state index contributed by atoms with van der Waals surface area (Å²) in [5.41, 5.74) is 0.513. The van der Waals surface area contributed by atoms with E-state index in [1.54, 1.807) is 0 Å². The van der Waals surface area contributed by atoms with Gasteiger partial charge < -0.3 is 4.74 Å². The zero-order valence-electron chi connectivity index (χ0n) is 7.05. The molecule has 0 saturated heterocycles. The van der Waals surface area contributed by atoms with Crippen molar-refractivity contribution in [1.29, 1.82) is 0 Å². The van der Waals surface area contributed by atoms with Crippen LogP contribution in [0.2, 0.25) is 0 Å². The highest BCUT2D eigenvalue weighted by Crippen LogP contribution is 2.59. The fourth-order valence-corrected chi connectivity index (χ4v) is 3.02. The minimum Gasteiger partial charge on any atom is -0.378 e. The Labute approximate surface area is 73.9 Å². The highest BCUT2D eigenvalue weighted by molar-refractivity contribution is 7.81. The Balaban J connectivity index is 1.94. The van der Waals surface area contributed by atoms with Gasteiger partial charge in [0.15, 0.2) is 0 Å². The number of ether oxygens (including phenoxy) is 1. The second-order valence-corrected chi connectivity index (χ2v) is 4.41. The van der Waals surface area contributed by atoms with Gasteiger partial charge in [-0.3, -0.25) is 0 Å². The van der Waals surface area contributed by atoms with Crippen LogP contribution in [0.15, 0.2) is 0 Å². The zero-order chi connectivity index (χ0) is 7.90. The molecule has 2 atom stereocenters. The molecule has 64 valence electrons. The van der Waals surface area contributed by atoms with Gasteiger partial charge >= 0.3 is 0 Å². The third-order valence-corrected chi connectivity index (χ3v) is 4.12. The molecule has 0 bridgehead atoms. The molecule has 2 heteroatoms. The van der Waals surface area contributed by atoms with Gasteiger partial charge in [0.25, 0.3) is 0 Å². The number of hydrogen-bond acceptors (Lipinski definition) is 2. The summed E-state index contributed by atoms with van der Waals surface area (Å²) in [6.07, 6.45) is 5.82. The summed E-state index contributed by atoms with van der Waals surface area (Å²) in [6.45, 7) is 2.95. The van der Waals surface area contributed by atoms with E-state index in [0.29, 0.717) is 16.8 Å². The minimum atomic E-state index is 0.513. The Morgan fingerprint density at radius 2 is 2.27 bits per heavy atom. The van der Waals surface area contributed by atoms with Crippen molar-refractivity contribution < 1.29 is 4.74 Å². The predicted molar refractivity (Wildman–Crippen MR) is 49.1 cm³/mol. The highest BCUT2D eigenvalue weighted by atomic mass is 32.1. The molecule has 2 rings (SSSR count). The summed E-state index contributed by atoms with van der Waals surface area (Å²) >= 11 is 4.57. The molecule has 2 fully saturated rings. The van der Waals surface area contributed by atoms with E-state index in [1.807, 2.05) is 0 Å². The van der Waals surface area contributed by atoms with Crippen molar-refractivity contribution in [1.82, 2.24) is 0 Å². The van der Waals surface area contributed by atoms with E-state index in [0.717, 1.165) is 6.61 Å². The summed E-state index contributed by atoms with van der Waals surface area (Å²) in [7, 11) is 0. The van der Waals surface area contributed by atoms with Gasteiger partial charge in [0, 0.05) is 17.3 Å². The third-order valence-electron chi connectivity index (χ3n) is 3.39. The fourth-order valence-electron chi connectivity index (χ4n) is 2.40. The summed E-state index contributed by atoms with van der Waals surface area (Å²) in [5.74, 6) is 0. The van der Waals surface area contributed by atoms with Gasteiger partial charge in [0.2, 0.25) is 0 Å². The van der Waals surface area contributed by atoms with Gasteiger partial charge in [-0.2, -0.15) is 12.6 Å². The van der Waals surface area contributed by atoms with Crippen LogP contribution in [0, 0.1) is 5.41 Å². The topological polar surface area (TPSA) is 9.23 Å². The molecule has 0 aliphatic heterocycles. The number of hydrogen-bond donors (Lipinski definition) is 1. The van der Waals surface area contributed by atoms with E-state index in [-0.39, 0.29) is 0 Å². The fraction of sp³-hybridized carbons (Fsp3) is 1.00. The van der Waals surface area contributed by atoms with Crippen molar-refractivity contribution in [2.75, 3.05) is 6.61 Å². The second-order valence-electron chi connectivity index (χ2n) is 3.78. The van der Waals surface area contributed by atoms with Gasteiger partial charge in [0.05, 0.1) is 6.10 Å². The maximum Gasteiger partial charge on any atom is 0.0652 e. The maximum atomic E-state index is 5.66. The van der Waals surface area contributed by atoms with Crippen molar-refractivity contribution in [3.63, 3.8) is 0 Å². The SMILES string of the molecule is CCOC1CC(S)C12CCC2. The quantitative estimate of drug-likeness (QED) is 0.629. The molecule has 0 N–H and O–H groups in total. The average Bonchev–Trinajstić information content (AvgIpc) is 1.83. The highest BCUT2D eigenvalue weighted by Gasteiger charge is 2.57. The van der Waals surface area contributed by atoms with Crippen LogP contribution in [0.1, 0.15) is 32.6 Å². The van der Waals surface area contributed by atoms with Crippen molar-refractivity contribution in [2.24, 2.45) is 5.41 Å². The van der Waals surface area contributed by atoms with Crippen LogP contribution in [0.25, 0.3) is 0 Å². The van der Waals surface area contributed by atoms with Crippen LogP contribution >= 0.6 is 12.6 Å². The molecule has 11 heavy (non-hydrogen) atoms. The van der Waals surface area contributed by atoms with E-state index in [2.05, 4.69) is 19.6 Å². The van der Waals surface area contributed by atoms with Crippen LogP contribution in [0.4, 0.5) is 0 Å². The first-order chi connectivity index (χ1) is 5.29. The summed E-state index contributed by atoms with van der Waals surface area (Å²) in [5, 5.41) is 0.632. The van der Waals surface area contributed by atoms with Gasteiger partial charge in [-0.15, -0.1) is 0 Å². The van der Waals surface area contributed by atoms with Crippen molar-refractivity contribution in [2.45, 2.75) is 44.0 Å². The Kier molecular flexibility index (Phi) is 1.92. The third kappa shape index (κ3) is 0.955. The summed E-state index contributed by atoms with van der Waals surface area (Å²) in [4.78, 5) is 0. The van der Waals surface area contributed by atoms with E-state index >= 15 is 0 Å². The Bertz CT molecular complexity index is 152. The Morgan fingerprint density at radius 3 is 2.64 bits per heavy atom. The lowest BCUT2D eigenvalue weighted by atomic mass is 9.54. The number of rotatable bonds is 2. The molecule has 0 radical (unpaired) electrons. The predicted octanol–water partition coefficient (Wildman–Crippen LogP) is 2.26. The summed E-state index contributed by atoms with van der Waals surface area (Å²) in [6, 6.07) is 0. The van der Waals surface area contributed by atoms with Gasteiger partial charge in [-0.1, -0.05) is 6.42 Å². The molecule has 0 aromatic heterocycles. The molecule has 0 aromatic rings. The summed E-state index contributed by atoms with van der Waals surface area (Å²) < 4.78 is 5.66. The molecule has 1 nitrogen and oxygen atoms in total. The smallest absolute Gasteiger partial charge is 0.0652 e. The lowest BCUT2D eigenvalue weighted by molar-refractivity contribution is -0.141. The van der Waals surface area contributed by atoms with E-state index in [1.165, 1.54) is 25.7 Å². The zero-order valence-corrected chi connectivity index (χ0v) is 7.94. The van der Waals surface area contributed by atoms with E-state index < -0.39 is 0 Å². The Hall–Kier alpha value is 0.310. The first-order valence-corrected chi connectivity index (χ1v) is 5.11. The van der Waals surface area contributed by atoms with Crippen LogP contribution in [-0.2, 0) is 4.74 Å². The van der Waals surface area contributed by atoms with Crippen molar-refractivity contribution >= 4 is 12.6 Å². The lowest BCUT2D eigenvalue weighted by Gasteiger charge is -2.59. The molecule has 1 spiro atoms. The van der Waals surface area contributed by atoms with Crippen LogP contribution < -0.4 is 0 Å². The molecule has 2 saturated carbocycles. The first-order valence-electron chi connectivity index (χ1n) is 4.59. The molecule has 2 aliphatic rings. The number of thiol groups is 1. The monoisotopic (exact) mass is 172 g/mol. The first kappa shape index (κ1) is 7.93. The van der Waals surface area contributed by atoms with Gasteiger partial charge in [-0.25, -0.2) is 0 Å². The minimum absolute atomic E-state index is 0.513. The standard InChI is InChI=1S/C9H16OS/c1-2-10-7-6-8(11)9(7)4-3-5-9/h7-8,11H,2-6H2,1H3. The van der Waals surface area contributed by atoms with E-state index in [9.17, 15) is 0 Å².